The first-order valence-electron chi connectivity index (χ1n) is 13.2. The van der Waals surface area contributed by atoms with E-state index >= 15 is 0 Å². The Morgan fingerprint density at radius 3 is 2.24 bits per heavy atom. The molecule has 1 atom stereocenters. The van der Waals surface area contributed by atoms with Crippen molar-refractivity contribution < 1.29 is 22.1 Å². The largest absolute Gasteiger partial charge is 0.445 e. The van der Waals surface area contributed by atoms with Crippen molar-refractivity contribution in [2.45, 2.75) is 93.1 Å². The highest BCUT2D eigenvalue weighted by Gasteiger charge is 2.30. The number of halogens is 1. The van der Waals surface area contributed by atoms with Gasteiger partial charge < -0.3 is 23.2 Å². The number of anilines is 1. The highest BCUT2D eigenvalue weighted by molar-refractivity contribution is 14.1. The van der Waals surface area contributed by atoms with Gasteiger partial charge in [-0.1, -0.05) is 79.7 Å². The molecule has 37 heavy (non-hydrogen) atoms. The number of carbonyl (C=O) groups is 2. The zero-order valence-corrected chi connectivity index (χ0v) is 26.1. The van der Waals surface area contributed by atoms with Gasteiger partial charge in [-0.3, -0.25) is 4.79 Å². The Hall–Kier alpha value is -1.33. The van der Waals surface area contributed by atoms with E-state index in [0.29, 0.717) is 37.9 Å². The molecule has 0 saturated carbocycles. The van der Waals surface area contributed by atoms with E-state index in [4.69, 9.17) is 12.5 Å². The fraction of sp³-hybridized carbons (Fsp3) is 0.714. The second-order valence-electron chi connectivity index (χ2n) is 12.2. The summed E-state index contributed by atoms with van der Waals surface area (Å²) in [6, 6.07) is 7.33. The molecule has 0 bridgehead atoms. The van der Waals surface area contributed by atoms with Crippen LogP contribution < -0.4 is 10.6 Å². The average molecular weight is 629 g/mol. The van der Waals surface area contributed by atoms with Crippen LogP contribution >= 0.6 is 23.0 Å². The van der Waals surface area contributed by atoms with Crippen LogP contribution in [0.2, 0.25) is 12.1 Å². The lowest BCUT2D eigenvalue weighted by molar-refractivity contribution is -0.116. The highest BCUT2D eigenvalue weighted by atomic mass is 127. The van der Waals surface area contributed by atoms with Crippen molar-refractivity contribution >= 4 is 48.0 Å². The summed E-state index contributed by atoms with van der Waals surface area (Å²) in [5, 5.41) is 5.77. The molecule has 1 aromatic carbocycles. The van der Waals surface area contributed by atoms with Crippen LogP contribution in [0.1, 0.15) is 73.8 Å². The zero-order valence-electron chi connectivity index (χ0n) is 24.0. The Kier molecular flexibility index (Phi) is 15.1. The van der Waals surface area contributed by atoms with Gasteiger partial charge in [0.15, 0.2) is 0 Å². The smallest absolute Gasteiger partial charge is 0.407 e. The lowest BCUT2D eigenvalue weighted by Crippen LogP contribution is -2.38. The number of nitrogens with one attached hydrogen (secondary N) is 2. The second-order valence-corrected chi connectivity index (χ2v) is 12.7. The Bertz CT molecular complexity index is 815. The van der Waals surface area contributed by atoms with Crippen LogP contribution in [0.5, 0.6) is 0 Å². The summed E-state index contributed by atoms with van der Waals surface area (Å²) >= 11 is 1.95. The zero-order chi connectivity index (χ0) is 28.1. The Labute approximate surface area is 239 Å². The molecule has 0 aromatic heterocycles. The third-order valence-electron chi connectivity index (χ3n) is 5.66. The maximum absolute atomic E-state index is 12.3. The average Bonchev–Trinajstić information content (AvgIpc) is 2.78. The number of ether oxygens (including phenoxy) is 2. The van der Waals surface area contributed by atoms with Gasteiger partial charge in [0, 0.05) is 18.7 Å². The lowest BCUT2D eigenvalue weighted by Gasteiger charge is -2.35. The molecule has 7 nitrogen and oxygen atoms in total. The van der Waals surface area contributed by atoms with E-state index in [1.54, 1.807) is 0 Å². The molecule has 0 aliphatic carbocycles. The Balaban J connectivity index is 2.39. The minimum absolute atomic E-state index is 0.00475. The first-order chi connectivity index (χ1) is 17.2. The standard InChI is InChI=1S/C28H47BIN2O5/c1-20(2)13-25(33)32-23-11-9-22(10-12-23)15-36-26(34)31-18-27(5,6)17-28(7,8)19-35-16-24(37-30)14-29-21(3)4/h9-12,20-21,24H,13-19H2,1-8H3,(H,31,34)(H,32,33). The van der Waals surface area contributed by atoms with Gasteiger partial charge in [-0.25, -0.2) is 4.79 Å². The minimum atomic E-state index is -0.445. The van der Waals surface area contributed by atoms with Crippen molar-refractivity contribution in [3.05, 3.63) is 29.8 Å². The van der Waals surface area contributed by atoms with Gasteiger partial charge in [0.25, 0.3) is 0 Å². The normalized spacial score (nSPS) is 12.9. The number of rotatable bonds is 17. The van der Waals surface area contributed by atoms with Gasteiger partial charge in [0.2, 0.25) is 5.91 Å². The van der Waals surface area contributed by atoms with Crippen LogP contribution in [-0.4, -0.2) is 45.1 Å². The molecule has 0 saturated heterocycles. The summed E-state index contributed by atoms with van der Waals surface area (Å²) < 4.78 is 16.9. The molecule has 209 valence electrons. The van der Waals surface area contributed by atoms with Crippen molar-refractivity contribution in [3.8, 4) is 0 Å². The number of hydrogen-bond acceptors (Lipinski definition) is 5. The van der Waals surface area contributed by atoms with Crippen molar-refractivity contribution in [2.24, 2.45) is 16.7 Å². The van der Waals surface area contributed by atoms with Crippen LogP contribution in [0.4, 0.5) is 10.5 Å². The highest BCUT2D eigenvalue weighted by Crippen LogP contribution is 2.33. The number of benzene rings is 1. The first kappa shape index (κ1) is 33.7. The Morgan fingerprint density at radius 2 is 1.68 bits per heavy atom. The van der Waals surface area contributed by atoms with E-state index in [1.807, 2.05) is 61.1 Å². The summed E-state index contributed by atoms with van der Waals surface area (Å²) in [5.41, 5.74) is 1.40. The molecular weight excluding hydrogens is 582 g/mol. The minimum Gasteiger partial charge on any atom is -0.445 e. The molecule has 0 heterocycles. The first-order valence-corrected chi connectivity index (χ1v) is 14.1. The predicted molar refractivity (Wildman–Crippen MR) is 160 cm³/mol. The predicted octanol–water partition coefficient (Wildman–Crippen LogP) is 7.04. The number of carbonyl (C=O) groups excluding carboxylic acids is 2. The molecule has 9 heteroatoms. The maximum Gasteiger partial charge on any atom is 0.407 e. The topological polar surface area (TPSA) is 85.9 Å². The van der Waals surface area contributed by atoms with E-state index in [-0.39, 0.29) is 29.4 Å². The van der Waals surface area contributed by atoms with Crippen LogP contribution in [0, 0.1) is 16.7 Å². The van der Waals surface area contributed by atoms with Crippen molar-refractivity contribution in [1.82, 2.24) is 5.32 Å². The van der Waals surface area contributed by atoms with Gasteiger partial charge in [-0.15, -0.1) is 0 Å². The monoisotopic (exact) mass is 629 g/mol. The van der Waals surface area contributed by atoms with Crippen LogP contribution in [0.15, 0.2) is 24.3 Å². The molecule has 2 amide bonds. The molecule has 1 unspecified atom stereocenters. The molecular formula is C28H47BIN2O5. The molecule has 0 spiro atoms. The summed E-state index contributed by atoms with van der Waals surface area (Å²) in [5.74, 6) is 0.830. The summed E-state index contributed by atoms with van der Waals surface area (Å²) in [6.45, 7) is 18.8. The van der Waals surface area contributed by atoms with Gasteiger partial charge in [0.05, 0.1) is 19.3 Å². The number of amides is 2. The maximum atomic E-state index is 12.3. The summed E-state index contributed by atoms with van der Waals surface area (Å²) in [4.78, 5) is 24.2. The van der Waals surface area contributed by atoms with Gasteiger partial charge in [-0.05, 0) is 40.9 Å². The Morgan fingerprint density at radius 1 is 1.03 bits per heavy atom. The van der Waals surface area contributed by atoms with E-state index < -0.39 is 6.09 Å². The molecule has 1 aromatic rings. The molecule has 0 fully saturated rings. The molecule has 1 radical (unpaired) electrons. The van der Waals surface area contributed by atoms with Crippen LogP contribution in [0.25, 0.3) is 0 Å². The van der Waals surface area contributed by atoms with Crippen LogP contribution in [0.3, 0.4) is 0 Å². The number of alkyl carbamates (subject to hydrolysis) is 1. The molecule has 1 rings (SSSR count). The van der Waals surface area contributed by atoms with Crippen molar-refractivity contribution in [2.75, 3.05) is 25.1 Å². The quantitative estimate of drug-likeness (QED) is 0.143. The van der Waals surface area contributed by atoms with Gasteiger partial charge in [-0.2, -0.15) is 0 Å². The fourth-order valence-corrected chi connectivity index (χ4v) is 4.56. The fourth-order valence-electron chi connectivity index (χ4n) is 4.21. The summed E-state index contributed by atoms with van der Waals surface area (Å²) in [7, 11) is 2.25. The molecule has 0 aliphatic heterocycles. The third kappa shape index (κ3) is 16.3. The second kappa shape index (κ2) is 16.6. The van der Waals surface area contributed by atoms with Crippen molar-refractivity contribution in [1.29, 1.82) is 0 Å². The lowest BCUT2D eigenvalue weighted by atomic mass is 9.62. The van der Waals surface area contributed by atoms with Gasteiger partial charge in [0.1, 0.15) is 36.9 Å². The third-order valence-corrected chi connectivity index (χ3v) is 6.38. The number of hydrogen-bond donors (Lipinski definition) is 2. The molecule has 0 aliphatic rings. The molecule has 2 N–H and O–H groups in total. The summed E-state index contributed by atoms with van der Waals surface area (Å²) in [6.07, 6.45) is 1.84. The SMILES string of the molecule is CC(C)[B]CC(COCC(C)(C)CC(C)(C)CNC(=O)OCc1ccc(NC(=O)CC(C)C)cc1)OI. The van der Waals surface area contributed by atoms with E-state index in [9.17, 15) is 9.59 Å². The van der Waals surface area contributed by atoms with E-state index in [0.717, 1.165) is 24.0 Å². The van der Waals surface area contributed by atoms with E-state index in [2.05, 4.69) is 59.5 Å². The van der Waals surface area contributed by atoms with Crippen molar-refractivity contribution in [3.63, 3.8) is 0 Å². The van der Waals surface area contributed by atoms with Crippen LogP contribution in [-0.2, 0) is 23.9 Å². The van der Waals surface area contributed by atoms with Gasteiger partial charge >= 0.3 is 6.09 Å². The van der Waals surface area contributed by atoms with E-state index in [1.165, 1.54) is 0 Å².